The third-order valence-electron chi connectivity index (χ3n) is 3.54. The normalized spacial score (nSPS) is 16.1. The Kier molecular flexibility index (Phi) is 3.66. The predicted molar refractivity (Wildman–Crippen MR) is 75.2 cm³/mol. The van der Waals surface area contributed by atoms with E-state index in [4.69, 9.17) is 9.68 Å². The summed E-state index contributed by atoms with van der Waals surface area (Å²) in [5.74, 6) is 1.79. The van der Waals surface area contributed by atoms with Gasteiger partial charge in [0.2, 0.25) is 0 Å². The van der Waals surface area contributed by atoms with Crippen LogP contribution in [0, 0.1) is 11.3 Å². The van der Waals surface area contributed by atoms with Crippen LogP contribution < -0.4 is 4.90 Å². The molecule has 1 saturated heterocycles. The van der Waals surface area contributed by atoms with Crippen LogP contribution in [-0.4, -0.2) is 36.1 Å². The molecule has 0 amide bonds. The SMILES string of the molecule is N#Cc1cccnc1N1CCN(Cc2ccco2)CC1. The van der Waals surface area contributed by atoms with Gasteiger partial charge in [0, 0.05) is 32.4 Å². The molecule has 0 aliphatic carbocycles. The first-order chi connectivity index (χ1) is 9.86. The molecule has 2 aromatic rings. The molecule has 0 bridgehead atoms. The third kappa shape index (κ3) is 2.65. The fraction of sp³-hybridized carbons (Fsp3) is 0.333. The lowest BCUT2D eigenvalue weighted by atomic mass is 10.2. The van der Waals surface area contributed by atoms with Gasteiger partial charge in [-0.2, -0.15) is 5.26 Å². The quantitative estimate of drug-likeness (QED) is 0.850. The summed E-state index contributed by atoms with van der Waals surface area (Å²) in [5.41, 5.74) is 0.645. The molecule has 1 fully saturated rings. The van der Waals surface area contributed by atoms with Crippen molar-refractivity contribution < 1.29 is 4.42 Å². The summed E-state index contributed by atoms with van der Waals surface area (Å²) < 4.78 is 5.37. The van der Waals surface area contributed by atoms with E-state index >= 15 is 0 Å². The van der Waals surface area contributed by atoms with Gasteiger partial charge in [0.25, 0.3) is 0 Å². The number of piperazine rings is 1. The molecular weight excluding hydrogens is 252 g/mol. The Morgan fingerprint density at radius 2 is 2.05 bits per heavy atom. The van der Waals surface area contributed by atoms with Gasteiger partial charge in [0.05, 0.1) is 18.4 Å². The van der Waals surface area contributed by atoms with Crippen molar-refractivity contribution in [1.82, 2.24) is 9.88 Å². The first kappa shape index (κ1) is 12.7. The van der Waals surface area contributed by atoms with Gasteiger partial charge in [-0.3, -0.25) is 4.90 Å². The zero-order chi connectivity index (χ0) is 13.8. The van der Waals surface area contributed by atoms with E-state index in [9.17, 15) is 0 Å². The molecule has 0 N–H and O–H groups in total. The first-order valence-electron chi connectivity index (χ1n) is 6.71. The molecule has 3 heterocycles. The molecule has 0 saturated carbocycles. The van der Waals surface area contributed by atoms with Crippen LogP contribution in [-0.2, 0) is 6.54 Å². The number of pyridine rings is 1. The second-order valence-corrected chi connectivity index (χ2v) is 4.83. The summed E-state index contributed by atoms with van der Waals surface area (Å²) in [5, 5.41) is 9.13. The highest BCUT2D eigenvalue weighted by molar-refractivity contribution is 5.53. The maximum Gasteiger partial charge on any atom is 0.146 e. The Morgan fingerprint density at radius 3 is 2.75 bits per heavy atom. The van der Waals surface area contributed by atoms with E-state index in [-0.39, 0.29) is 0 Å². The van der Waals surface area contributed by atoms with E-state index in [1.165, 1.54) is 0 Å². The van der Waals surface area contributed by atoms with Crippen molar-refractivity contribution in [3.8, 4) is 6.07 Å². The lowest BCUT2D eigenvalue weighted by Crippen LogP contribution is -2.46. The molecule has 1 aliphatic rings. The first-order valence-corrected chi connectivity index (χ1v) is 6.71. The Hall–Kier alpha value is -2.32. The summed E-state index contributed by atoms with van der Waals surface area (Å²) in [6.07, 6.45) is 3.45. The van der Waals surface area contributed by atoms with Gasteiger partial charge in [-0.05, 0) is 24.3 Å². The van der Waals surface area contributed by atoms with Crippen LogP contribution in [0.4, 0.5) is 5.82 Å². The molecule has 2 aromatic heterocycles. The molecule has 102 valence electrons. The second kappa shape index (κ2) is 5.76. The van der Waals surface area contributed by atoms with Gasteiger partial charge >= 0.3 is 0 Å². The smallest absolute Gasteiger partial charge is 0.146 e. The van der Waals surface area contributed by atoms with Crippen LogP contribution in [0.25, 0.3) is 0 Å². The highest BCUT2D eigenvalue weighted by Gasteiger charge is 2.20. The van der Waals surface area contributed by atoms with Gasteiger partial charge < -0.3 is 9.32 Å². The fourth-order valence-electron chi connectivity index (χ4n) is 2.48. The van der Waals surface area contributed by atoms with Crippen LogP contribution in [0.3, 0.4) is 0 Å². The van der Waals surface area contributed by atoms with Crippen LogP contribution in [0.5, 0.6) is 0 Å². The molecule has 20 heavy (non-hydrogen) atoms. The fourth-order valence-corrected chi connectivity index (χ4v) is 2.48. The van der Waals surface area contributed by atoms with E-state index < -0.39 is 0 Å². The monoisotopic (exact) mass is 268 g/mol. The molecule has 0 unspecified atom stereocenters. The van der Waals surface area contributed by atoms with Crippen LogP contribution in [0.1, 0.15) is 11.3 Å². The number of nitriles is 1. The van der Waals surface area contributed by atoms with Gasteiger partial charge in [-0.15, -0.1) is 0 Å². The molecule has 0 radical (unpaired) electrons. The predicted octanol–water partition coefficient (Wildman–Crippen LogP) is 1.87. The summed E-state index contributed by atoms with van der Waals surface area (Å²) in [4.78, 5) is 8.87. The van der Waals surface area contributed by atoms with Crippen LogP contribution in [0.15, 0.2) is 41.1 Å². The summed E-state index contributed by atoms with van der Waals surface area (Å²) in [6, 6.07) is 9.74. The maximum atomic E-state index is 9.13. The van der Waals surface area contributed by atoms with Crippen LogP contribution in [0.2, 0.25) is 0 Å². The van der Waals surface area contributed by atoms with Gasteiger partial charge in [0.1, 0.15) is 17.6 Å². The third-order valence-corrected chi connectivity index (χ3v) is 3.54. The Labute approximate surface area is 118 Å². The highest BCUT2D eigenvalue weighted by atomic mass is 16.3. The highest BCUT2D eigenvalue weighted by Crippen LogP contribution is 2.18. The Balaban J connectivity index is 1.62. The molecule has 0 atom stereocenters. The largest absolute Gasteiger partial charge is 0.468 e. The molecule has 5 nitrogen and oxygen atoms in total. The minimum atomic E-state index is 0.645. The molecule has 1 aliphatic heterocycles. The van der Waals surface area contributed by atoms with E-state index in [0.717, 1.165) is 44.3 Å². The van der Waals surface area contributed by atoms with Crippen molar-refractivity contribution in [2.45, 2.75) is 6.54 Å². The number of aromatic nitrogens is 1. The van der Waals surface area contributed by atoms with Crippen molar-refractivity contribution in [3.63, 3.8) is 0 Å². The van der Waals surface area contributed by atoms with Crippen molar-refractivity contribution in [1.29, 1.82) is 5.26 Å². The Morgan fingerprint density at radius 1 is 1.20 bits per heavy atom. The van der Waals surface area contributed by atoms with Crippen LogP contribution >= 0.6 is 0 Å². The number of hydrogen-bond acceptors (Lipinski definition) is 5. The summed E-state index contributed by atoms with van der Waals surface area (Å²) >= 11 is 0. The molecule has 0 aromatic carbocycles. The standard InChI is InChI=1S/C15H16N4O/c16-11-13-3-1-5-17-15(13)19-8-6-18(7-9-19)12-14-4-2-10-20-14/h1-5,10H,6-9,12H2. The number of hydrogen-bond donors (Lipinski definition) is 0. The number of rotatable bonds is 3. The Bertz CT molecular complexity index is 595. The van der Waals surface area contributed by atoms with Crippen molar-refractivity contribution in [2.75, 3.05) is 31.1 Å². The van der Waals surface area contributed by atoms with Gasteiger partial charge in [-0.25, -0.2) is 4.98 Å². The topological polar surface area (TPSA) is 56.3 Å². The van der Waals surface area contributed by atoms with Crippen molar-refractivity contribution in [3.05, 3.63) is 48.0 Å². The lowest BCUT2D eigenvalue weighted by Gasteiger charge is -2.35. The number of nitrogens with zero attached hydrogens (tertiary/aromatic N) is 4. The number of anilines is 1. The summed E-state index contributed by atoms with van der Waals surface area (Å²) in [7, 11) is 0. The average Bonchev–Trinajstić information content (AvgIpc) is 3.01. The van der Waals surface area contributed by atoms with Crippen molar-refractivity contribution in [2.24, 2.45) is 0 Å². The molecule has 3 rings (SSSR count). The van der Waals surface area contributed by atoms with E-state index in [1.54, 1.807) is 18.5 Å². The zero-order valence-corrected chi connectivity index (χ0v) is 11.2. The lowest BCUT2D eigenvalue weighted by molar-refractivity contribution is 0.230. The number of furan rings is 1. The average molecular weight is 268 g/mol. The van der Waals surface area contributed by atoms with Gasteiger partial charge in [-0.1, -0.05) is 0 Å². The van der Waals surface area contributed by atoms with E-state index in [0.29, 0.717) is 5.56 Å². The maximum absolute atomic E-state index is 9.13. The van der Waals surface area contributed by atoms with Gasteiger partial charge in [0.15, 0.2) is 0 Å². The summed E-state index contributed by atoms with van der Waals surface area (Å²) in [6.45, 7) is 4.50. The molecule has 0 spiro atoms. The van der Waals surface area contributed by atoms with E-state index in [1.807, 2.05) is 18.2 Å². The second-order valence-electron chi connectivity index (χ2n) is 4.83. The minimum absolute atomic E-state index is 0.645. The molecule has 5 heteroatoms. The van der Waals surface area contributed by atoms with E-state index in [2.05, 4.69) is 20.9 Å². The minimum Gasteiger partial charge on any atom is -0.468 e. The van der Waals surface area contributed by atoms with Crippen molar-refractivity contribution >= 4 is 5.82 Å². The molecular formula is C15H16N4O. The zero-order valence-electron chi connectivity index (χ0n) is 11.2.